The molecule has 1 fully saturated rings. The Hall–Kier alpha value is -2.07. The van der Waals surface area contributed by atoms with E-state index >= 15 is 0 Å². The number of halogens is 1. The van der Waals surface area contributed by atoms with Crippen LogP contribution in [0.2, 0.25) is 0 Å². The molecule has 1 saturated heterocycles. The molecule has 2 N–H and O–H groups in total. The minimum Gasteiger partial charge on any atom is -0.505 e. The summed E-state index contributed by atoms with van der Waals surface area (Å²) < 4.78 is 19.2. The predicted molar refractivity (Wildman–Crippen MR) is 84.6 cm³/mol. The smallest absolute Gasteiger partial charge is 0.165 e. The van der Waals surface area contributed by atoms with E-state index in [1.54, 1.807) is 6.07 Å². The standard InChI is InChI=1S/C18H20FNO2/c19-17-11-15(3-6-18(17)21)14-1-4-16(5-2-14)22-12-13-7-9-20-10-8-13/h1-6,11,13,20-21H,7-10,12H2. The molecule has 4 heteroatoms. The van der Waals surface area contributed by atoms with Crippen molar-refractivity contribution in [1.29, 1.82) is 0 Å². The summed E-state index contributed by atoms with van der Waals surface area (Å²) in [5.41, 5.74) is 1.63. The number of hydrogen-bond donors (Lipinski definition) is 2. The Labute approximate surface area is 129 Å². The second kappa shape index (κ2) is 6.79. The van der Waals surface area contributed by atoms with E-state index in [0.717, 1.165) is 49.4 Å². The number of rotatable bonds is 4. The lowest BCUT2D eigenvalue weighted by molar-refractivity contribution is 0.215. The van der Waals surface area contributed by atoms with Gasteiger partial charge in [-0.1, -0.05) is 18.2 Å². The zero-order valence-corrected chi connectivity index (χ0v) is 12.4. The molecular formula is C18H20FNO2. The van der Waals surface area contributed by atoms with Crippen molar-refractivity contribution in [3.63, 3.8) is 0 Å². The second-order valence-electron chi connectivity index (χ2n) is 5.69. The Morgan fingerprint density at radius 2 is 1.73 bits per heavy atom. The van der Waals surface area contributed by atoms with Gasteiger partial charge in [0, 0.05) is 0 Å². The van der Waals surface area contributed by atoms with E-state index in [4.69, 9.17) is 4.74 Å². The van der Waals surface area contributed by atoms with Gasteiger partial charge < -0.3 is 15.2 Å². The van der Waals surface area contributed by atoms with Gasteiger partial charge in [0.15, 0.2) is 11.6 Å². The fourth-order valence-corrected chi connectivity index (χ4v) is 2.69. The zero-order valence-electron chi connectivity index (χ0n) is 12.4. The quantitative estimate of drug-likeness (QED) is 0.907. The van der Waals surface area contributed by atoms with E-state index in [0.29, 0.717) is 5.92 Å². The van der Waals surface area contributed by atoms with Gasteiger partial charge in [-0.25, -0.2) is 4.39 Å². The van der Waals surface area contributed by atoms with E-state index in [9.17, 15) is 9.50 Å². The highest BCUT2D eigenvalue weighted by molar-refractivity contribution is 5.65. The molecule has 0 spiro atoms. The fraction of sp³-hybridized carbons (Fsp3) is 0.333. The Balaban J connectivity index is 1.63. The van der Waals surface area contributed by atoms with Crippen LogP contribution in [0, 0.1) is 11.7 Å². The van der Waals surface area contributed by atoms with Gasteiger partial charge in [0.1, 0.15) is 5.75 Å². The molecule has 0 saturated carbocycles. The fourth-order valence-electron chi connectivity index (χ4n) is 2.69. The summed E-state index contributed by atoms with van der Waals surface area (Å²) in [6.07, 6.45) is 2.32. The predicted octanol–water partition coefficient (Wildman–Crippen LogP) is 3.58. The first kappa shape index (κ1) is 14.9. The number of aromatic hydroxyl groups is 1. The third-order valence-electron chi connectivity index (χ3n) is 4.08. The molecule has 0 atom stereocenters. The normalized spacial score (nSPS) is 15.7. The molecule has 116 valence electrons. The van der Waals surface area contributed by atoms with E-state index in [2.05, 4.69) is 5.32 Å². The monoisotopic (exact) mass is 301 g/mol. The van der Waals surface area contributed by atoms with Crippen molar-refractivity contribution in [2.45, 2.75) is 12.8 Å². The lowest BCUT2D eigenvalue weighted by Gasteiger charge is -2.22. The van der Waals surface area contributed by atoms with Crippen molar-refractivity contribution in [2.24, 2.45) is 5.92 Å². The van der Waals surface area contributed by atoms with Crippen LogP contribution in [0.4, 0.5) is 4.39 Å². The van der Waals surface area contributed by atoms with Crippen LogP contribution >= 0.6 is 0 Å². The van der Waals surface area contributed by atoms with Gasteiger partial charge in [-0.15, -0.1) is 0 Å². The largest absolute Gasteiger partial charge is 0.505 e. The Kier molecular flexibility index (Phi) is 4.59. The molecular weight excluding hydrogens is 281 g/mol. The summed E-state index contributed by atoms with van der Waals surface area (Å²) in [5, 5.41) is 12.6. The molecule has 0 bridgehead atoms. The number of phenols is 1. The van der Waals surface area contributed by atoms with Crippen LogP contribution in [0.15, 0.2) is 42.5 Å². The summed E-state index contributed by atoms with van der Waals surface area (Å²) in [4.78, 5) is 0. The van der Waals surface area contributed by atoms with E-state index in [-0.39, 0.29) is 5.75 Å². The average Bonchev–Trinajstić information content (AvgIpc) is 2.57. The number of benzene rings is 2. The Bertz CT molecular complexity index is 621. The molecule has 3 rings (SSSR count). The zero-order chi connectivity index (χ0) is 15.4. The lowest BCUT2D eigenvalue weighted by atomic mass is 9.99. The first-order valence-electron chi connectivity index (χ1n) is 7.65. The van der Waals surface area contributed by atoms with Crippen LogP contribution in [-0.4, -0.2) is 24.8 Å². The highest BCUT2D eigenvalue weighted by atomic mass is 19.1. The Morgan fingerprint density at radius 1 is 1.05 bits per heavy atom. The van der Waals surface area contributed by atoms with E-state index < -0.39 is 5.82 Å². The summed E-state index contributed by atoms with van der Waals surface area (Å²) >= 11 is 0. The van der Waals surface area contributed by atoms with Gasteiger partial charge in [-0.2, -0.15) is 0 Å². The number of hydrogen-bond acceptors (Lipinski definition) is 3. The van der Waals surface area contributed by atoms with Crippen LogP contribution in [0.1, 0.15) is 12.8 Å². The summed E-state index contributed by atoms with van der Waals surface area (Å²) in [7, 11) is 0. The van der Waals surface area contributed by atoms with Crippen LogP contribution < -0.4 is 10.1 Å². The SMILES string of the molecule is Oc1ccc(-c2ccc(OCC3CCNCC3)cc2)cc1F. The van der Waals surface area contributed by atoms with Crippen molar-refractivity contribution >= 4 is 0 Å². The van der Waals surface area contributed by atoms with Gasteiger partial charge in [0.2, 0.25) is 0 Å². The first-order valence-corrected chi connectivity index (χ1v) is 7.65. The number of ether oxygens (including phenoxy) is 1. The minimum absolute atomic E-state index is 0.328. The maximum Gasteiger partial charge on any atom is 0.165 e. The molecule has 22 heavy (non-hydrogen) atoms. The highest BCUT2D eigenvalue weighted by Crippen LogP contribution is 2.26. The molecule has 1 heterocycles. The maximum absolute atomic E-state index is 13.4. The van der Waals surface area contributed by atoms with Gasteiger partial charge in [-0.3, -0.25) is 0 Å². The second-order valence-corrected chi connectivity index (χ2v) is 5.69. The van der Waals surface area contributed by atoms with E-state index in [1.165, 1.54) is 12.1 Å². The summed E-state index contributed by atoms with van der Waals surface area (Å²) in [6, 6.07) is 12.0. The van der Waals surface area contributed by atoms with Crippen LogP contribution in [-0.2, 0) is 0 Å². The summed E-state index contributed by atoms with van der Waals surface area (Å²) in [6.45, 7) is 2.88. The molecule has 0 radical (unpaired) electrons. The molecule has 0 aromatic heterocycles. The molecule has 1 aliphatic heterocycles. The third-order valence-corrected chi connectivity index (χ3v) is 4.08. The Morgan fingerprint density at radius 3 is 2.41 bits per heavy atom. The number of phenolic OH excluding ortho intramolecular Hbond substituents is 1. The first-order chi connectivity index (χ1) is 10.7. The van der Waals surface area contributed by atoms with Gasteiger partial charge >= 0.3 is 0 Å². The van der Waals surface area contributed by atoms with Crippen LogP contribution in [0.25, 0.3) is 11.1 Å². The lowest BCUT2D eigenvalue weighted by Crippen LogP contribution is -2.30. The molecule has 0 amide bonds. The van der Waals surface area contributed by atoms with E-state index in [1.807, 2.05) is 24.3 Å². The molecule has 0 aliphatic carbocycles. The molecule has 3 nitrogen and oxygen atoms in total. The van der Waals surface area contributed by atoms with Crippen molar-refractivity contribution in [3.8, 4) is 22.6 Å². The number of nitrogens with one attached hydrogen (secondary N) is 1. The molecule has 1 aliphatic rings. The minimum atomic E-state index is -0.608. The topological polar surface area (TPSA) is 41.5 Å². The maximum atomic E-state index is 13.4. The average molecular weight is 301 g/mol. The number of piperidine rings is 1. The third kappa shape index (κ3) is 3.57. The molecule has 2 aromatic carbocycles. The highest BCUT2D eigenvalue weighted by Gasteiger charge is 2.13. The van der Waals surface area contributed by atoms with Crippen molar-refractivity contribution in [3.05, 3.63) is 48.3 Å². The van der Waals surface area contributed by atoms with Gasteiger partial charge in [0.25, 0.3) is 0 Å². The van der Waals surface area contributed by atoms with Crippen molar-refractivity contribution in [2.75, 3.05) is 19.7 Å². The van der Waals surface area contributed by atoms with Crippen LogP contribution in [0.3, 0.4) is 0 Å². The van der Waals surface area contributed by atoms with Crippen molar-refractivity contribution < 1.29 is 14.2 Å². The van der Waals surface area contributed by atoms with Crippen molar-refractivity contribution in [1.82, 2.24) is 5.32 Å². The van der Waals surface area contributed by atoms with Crippen LogP contribution in [0.5, 0.6) is 11.5 Å². The van der Waals surface area contributed by atoms with Gasteiger partial charge in [0.05, 0.1) is 6.61 Å². The molecule has 2 aromatic rings. The summed E-state index contributed by atoms with van der Waals surface area (Å²) in [5.74, 6) is 0.517. The van der Waals surface area contributed by atoms with Gasteiger partial charge in [-0.05, 0) is 67.2 Å². The molecule has 0 unspecified atom stereocenters.